The van der Waals surface area contributed by atoms with Gasteiger partial charge in [-0.2, -0.15) is 0 Å². The minimum atomic E-state index is -1.07. The molecule has 0 bridgehead atoms. The van der Waals surface area contributed by atoms with Crippen molar-refractivity contribution in [3.05, 3.63) is 14.4 Å². The Morgan fingerprint density at radius 1 is 1.43 bits per heavy atom. The Morgan fingerprint density at radius 2 is 2.00 bits per heavy atom. The fourth-order valence-electron chi connectivity index (χ4n) is 0.973. The second kappa shape index (κ2) is 3.86. The number of aromatic carboxylic acids is 1. The number of carboxylic acid groups (broad SMARTS) is 1. The summed E-state index contributed by atoms with van der Waals surface area (Å²) in [5.41, 5.74) is 6.27. The zero-order valence-corrected chi connectivity index (χ0v) is 9.37. The van der Waals surface area contributed by atoms with Crippen molar-refractivity contribution in [3.63, 3.8) is 0 Å². The molecule has 0 aliphatic carbocycles. The Morgan fingerprint density at radius 3 is 2.36 bits per heavy atom. The number of ether oxygens (including phenoxy) is 1. The number of anilines is 1. The van der Waals surface area contributed by atoms with E-state index in [4.69, 9.17) is 10.8 Å². The van der Waals surface area contributed by atoms with Crippen molar-refractivity contribution in [1.29, 1.82) is 0 Å². The van der Waals surface area contributed by atoms with Crippen LogP contribution in [0.25, 0.3) is 0 Å². The van der Waals surface area contributed by atoms with E-state index in [1.165, 1.54) is 7.11 Å². The first kappa shape index (κ1) is 10.8. The van der Waals surface area contributed by atoms with Crippen LogP contribution in [0.4, 0.5) is 5.69 Å². The number of nitrogens with two attached hydrogens (primary N) is 1. The average molecular weight is 262 g/mol. The molecule has 0 fully saturated rings. The third-order valence-corrected chi connectivity index (χ3v) is 4.43. The number of carbonyl (C=O) groups is 2. The quantitative estimate of drug-likeness (QED) is 0.583. The number of esters is 1. The number of methoxy groups -OCH3 is 1. The molecule has 0 saturated heterocycles. The molecule has 0 unspecified atom stereocenters. The predicted molar refractivity (Wildman–Crippen MR) is 50.8 cm³/mol. The third-order valence-electron chi connectivity index (χ3n) is 1.76. The molecule has 1 rings (SSSR count). The van der Waals surface area contributed by atoms with Gasteiger partial charge in [0.1, 0.15) is 0 Å². The normalized spacial score (nSPS) is 9.86. The summed E-state index contributed by atoms with van der Waals surface area (Å²) in [5, 5.41) is 8.77. The zero-order valence-electron chi connectivity index (χ0n) is 7.66. The number of carboxylic acids is 1. The van der Waals surface area contributed by atoms with Crippen molar-refractivity contribution in [3.8, 4) is 0 Å². The van der Waals surface area contributed by atoms with Crippen LogP contribution in [0.2, 0.25) is 0 Å². The van der Waals surface area contributed by atoms with Gasteiger partial charge in [-0.25, -0.2) is 0 Å². The second-order valence-electron chi connectivity index (χ2n) is 2.60. The third kappa shape index (κ3) is 1.66. The molecule has 0 saturated carbocycles. The van der Waals surface area contributed by atoms with E-state index >= 15 is 0 Å². The maximum absolute atomic E-state index is 11.2. The van der Waals surface area contributed by atoms with E-state index < -0.39 is 26.4 Å². The van der Waals surface area contributed by atoms with E-state index in [1.807, 2.05) is 0 Å². The summed E-state index contributed by atoms with van der Waals surface area (Å²) in [6.07, 6.45) is 0. The van der Waals surface area contributed by atoms with Gasteiger partial charge in [-0.1, -0.05) is 0 Å². The van der Waals surface area contributed by atoms with Gasteiger partial charge in [0.05, 0.1) is 0 Å². The minimum absolute atomic E-state index is 0.121. The Balaban J connectivity index is 3.28. The van der Waals surface area contributed by atoms with E-state index in [1.54, 1.807) is 6.92 Å². The number of carbonyl (C=O) groups excluding carboxylic acids is 1. The molecule has 0 aromatic carbocycles. The topological polar surface area (TPSA) is 89.6 Å². The van der Waals surface area contributed by atoms with Gasteiger partial charge in [-0.15, -0.1) is 0 Å². The summed E-state index contributed by atoms with van der Waals surface area (Å²) >= 11 is -0.549. The second-order valence-corrected chi connectivity index (χ2v) is 4.74. The zero-order chi connectivity index (χ0) is 10.9. The van der Waals surface area contributed by atoms with Crippen LogP contribution < -0.4 is 5.73 Å². The molecule has 3 N–H and O–H groups in total. The molecule has 0 amide bonds. The molecule has 0 radical (unpaired) electrons. The van der Waals surface area contributed by atoms with Crippen LogP contribution in [0.1, 0.15) is 24.0 Å². The summed E-state index contributed by atoms with van der Waals surface area (Å²) in [6, 6.07) is 0. The summed E-state index contributed by atoms with van der Waals surface area (Å²) in [6.45, 7) is 1.62. The van der Waals surface area contributed by atoms with E-state index in [-0.39, 0.29) is 10.1 Å². The molecular formula is C8H9NO4Se. The SMILES string of the molecule is COC(=O)c1[se]c(C(=O)O)c(N)c1C. The van der Waals surface area contributed by atoms with Crippen LogP contribution in [0.15, 0.2) is 0 Å². The Kier molecular flexibility index (Phi) is 2.98. The van der Waals surface area contributed by atoms with E-state index in [0.29, 0.717) is 10.0 Å². The van der Waals surface area contributed by atoms with Crippen molar-refractivity contribution in [2.45, 2.75) is 6.92 Å². The number of hydrogen-bond donors (Lipinski definition) is 2. The number of nitrogen functional groups attached to an aromatic ring is 1. The molecule has 14 heavy (non-hydrogen) atoms. The van der Waals surface area contributed by atoms with Crippen LogP contribution in [0.5, 0.6) is 0 Å². The van der Waals surface area contributed by atoms with Crippen molar-refractivity contribution >= 4 is 32.1 Å². The van der Waals surface area contributed by atoms with Crippen molar-refractivity contribution < 1.29 is 19.4 Å². The fraction of sp³-hybridized carbons (Fsp3) is 0.250. The Labute approximate surface area is 86.2 Å². The molecular weight excluding hydrogens is 253 g/mol. The molecule has 0 atom stereocenters. The summed E-state index contributed by atoms with van der Waals surface area (Å²) < 4.78 is 5.03. The van der Waals surface area contributed by atoms with Gasteiger partial charge < -0.3 is 0 Å². The standard InChI is InChI=1S/C8H9NO4Se/c1-3-4(9)6(7(10)11)14-5(3)8(12)13-2/h9H2,1-2H3,(H,10,11). The van der Waals surface area contributed by atoms with Gasteiger partial charge in [0, 0.05) is 0 Å². The molecule has 5 nitrogen and oxygen atoms in total. The van der Waals surface area contributed by atoms with Crippen LogP contribution in [0, 0.1) is 6.92 Å². The molecule has 6 heteroatoms. The first-order valence-corrected chi connectivity index (χ1v) is 5.40. The van der Waals surface area contributed by atoms with Crippen molar-refractivity contribution in [2.24, 2.45) is 0 Å². The van der Waals surface area contributed by atoms with Gasteiger partial charge in [-0.05, 0) is 0 Å². The van der Waals surface area contributed by atoms with E-state index in [2.05, 4.69) is 4.74 Å². The number of hydrogen-bond acceptors (Lipinski definition) is 4. The van der Waals surface area contributed by atoms with Crippen molar-refractivity contribution in [1.82, 2.24) is 0 Å². The Hall–Kier alpha value is -1.26. The molecule has 1 aromatic rings. The fourth-order valence-corrected chi connectivity index (χ4v) is 3.04. The first-order valence-electron chi connectivity index (χ1n) is 3.69. The Bertz CT molecular complexity index is 396. The summed E-state index contributed by atoms with van der Waals surface area (Å²) in [5.74, 6) is -1.57. The summed E-state index contributed by atoms with van der Waals surface area (Å²) in [7, 11) is 1.26. The van der Waals surface area contributed by atoms with Crippen LogP contribution in [0.3, 0.4) is 0 Å². The first-order chi connectivity index (χ1) is 6.49. The van der Waals surface area contributed by atoms with Gasteiger partial charge >= 0.3 is 85.8 Å². The maximum atomic E-state index is 11.2. The van der Waals surface area contributed by atoms with Gasteiger partial charge in [-0.3, -0.25) is 0 Å². The van der Waals surface area contributed by atoms with Crippen LogP contribution >= 0.6 is 0 Å². The molecule has 1 aromatic heterocycles. The average Bonchev–Trinajstić information content (AvgIpc) is 2.43. The van der Waals surface area contributed by atoms with Gasteiger partial charge in [0.25, 0.3) is 0 Å². The monoisotopic (exact) mass is 263 g/mol. The summed E-state index contributed by atoms with van der Waals surface area (Å²) in [4.78, 5) is 21.9. The number of rotatable bonds is 2. The van der Waals surface area contributed by atoms with Gasteiger partial charge in [0.2, 0.25) is 0 Å². The van der Waals surface area contributed by atoms with Crippen LogP contribution in [-0.4, -0.2) is 38.7 Å². The molecule has 0 aliphatic rings. The van der Waals surface area contributed by atoms with E-state index in [9.17, 15) is 9.59 Å². The van der Waals surface area contributed by atoms with E-state index in [0.717, 1.165) is 0 Å². The van der Waals surface area contributed by atoms with Crippen molar-refractivity contribution in [2.75, 3.05) is 12.8 Å². The molecule has 76 valence electrons. The molecule has 0 spiro atoms. The van der Waals surface area contributed by atoms with Gasteiger partial charge in [0.15, 0.2) is 0 Å². The predicted octanol–water partition coefficient (Wildman–Crippen LogP) is 0.119. The molecule has 1 heterocycles. The molecule has 0 aliphatic heterocycles. The van der Waals surface area contributed by atoms with Crippen LogP contribution in [-0.2, 0) is 4.74 Å².